The Morgan fingerprint density at radius 1 is 1.09 bits per heavy atom. The number of methoxy groups -OCH3 is 1. The molecule has 0 spiro atoms. The van der Waals surface area contributed by atoms with Crippen LogP contribution in [-0.2, 0) is 9.53 Å². The minimum atomic E-state index is -2.97. The Balaban J connectivity index is 1.45. The first-order valence-corrected chi connectivity index (χ1v) is 10.2. The highest BCUT2D eigenvalue weighted by Gasteiger charge is 2.35. The van der Waals surface area contributed by atoms with E-state index in [1.54, 1.807) is 31.4 Å². The molecule has 176 valence electrons. The van der Waals surface area contributed by atoms with E-state index in [2.05, 4.69) is 9.84 Å². The monoisotopic (exact) mass is 470 g/mol. The second-order valence-corrected chi connectivity index (χ2v) is 7.23. The van der Waals surface area contributed by atoms with Gasteiger partial charge >= 0.3 is 12.6 Å². The van der Waals surface area contributed by atoms with E-state index in [-0.39, 0.29) is 11.3 Å². The van der Waals surface area contributed by atoms with Gasteiger partial charge in [0, 0.05) is 6.42 Å². The van der Waals surface area contributed by atoms with Crippen LogP contribution in [0.25, 0.3) is 0 Å². The number of carbonyl (C=O) groups excluding carboxylic acids is 2. The zero-order valence-corrected chi connectivity index (χ0v) is 18.0. The zero-order chi connectivity index (χ0) is 24.1. The van der Waals surface area contributed by atoms with Gasteiger partial charge in [-0.2, -0.15) is 13.9 Å². The second kappa shape index (κ2) is 10.2. The maximum Gasteiger partial charge on any atom is 0.387 e. The van der Waals surface area contributed by atoms with Crippen LogP contribution in [0.1, 0.15) is 34.1 Å². The summed E-state index contributed by atoms with van der Waals surface area (Å²) < 4.78 is 44.6. The van der Waals surface area contributed by atoms with Crippen LogP contribution in [0.4, 0.5) is 8.78 Å². The number of nitrogens with zero attached hydrogens (tertiary/aromatic N) is 2. The lowest BCUT2D eigenvalue weighted by molar-refractivity contribution is -0.136. The fourth-order valence-corrected chi connectivity index (χ4v) is 3.45. The summed E-state index contributed by atoms with van der Waals surface area (Å²) in [6.07, 6.45) is 1.91. The molecule has 0 aliphatic carbocycles. The molecule has 1 amide bonds. The van der Waals surface area contributed by atoms with Crippen molar-refractivity contribution in [3.8, 4) is 11.5 Å². The maximum absolute atomic E-state index is 12.9. The number of amides is 1. The fourth-order valence-electron chi connectivity index (χ4n) is 3.45. The average Bonchev–Trinajstić information content (AvgIpc) is 3.53. The molecule has 0 radical (unpaired) electrons. The summed E-state index contributed by atoms with van der Waals surface area (Å²) in [4.78, 5) is 25.2. The van der Waals surface area contributed by atoms with Crippen LogP contribution in [0.2, 0.25) is 0 Å². The van der Waals surface area contributed by atoms with Crippen molar-refractivity contribution < 1.29 is 37.0 Å². The fraction of sp³-hybridized carbons (Fsp3) is 0.208. The summed E-state index contributed by atoms with van der Waals surface area (Å²) in [5.41, 5.74) is 1.56. The van der Waals surface area contributed by atoms with Gasteiger partial charge < -0.3 is 18.6 Å². The smallest absolute Gasteiger partial charge is 0.387 e. The number of hydrazone groups is 1. The number of rotatable bonds is 8. The molecule has 3 aromatic rings. The summed E-state index contributed by atoms with van der Waals surface area (Å²) in [5, 5.41) is 5.70. The topological polar surface area (TPSA) is 90.6 Å². The summed E-state index contributed by atoms with van der Waals surface area (Å²) in [6.45, 7) is -3.54. The zero-order valence-electron chi connectivity index (χ0n) is 18.0. The highest BCUT2D eigenvalue weighted by molar-refractivity contribution is 6.03. The summed E-state index contributed by atoms with van der Waals surface area (Å²) in [5.74, 6) is -0.192. The van der Waals surface area contributed by atoms with E-state index in [0.717, 1.165) is 5.56 Å². The van der Waals surface area contributed by atoms with Gasteiger partial charge in [0.1, 0.15) is 23.3 Å². The summed E-state index contributed by atoms with van der Waals surface area (Å²) in [6, 6.07) is 15.2. The molecule has 0 saturated heterocycles. The van der Waals surface area contributed by atoms with Gasteiger partial charge in [-0.15, -0.1) is 0 Å². The van der Waals surface area contributed by atoms with Crippen LogP contribution in [0, 0.1) is 0 Å². The largest absolute Gasteiger partial charge is 0.497 e. The Kier molecular flexibility index (Phi) is 6.86. The van der Waals surface area contributed by atoms with E-state index in [9.17, 15) is 18.4 Å². The molecular formula is C24H20F2N2O6. The van der Waals surface area contributed by atoms with Crippen LogP contribution in [0.15, 0.2) is 76.4 Å². The number of hydrogen-bond donors (Lipinski definition) is 0. The average molecular weight is 470 g/mol. The Bertz CT molecular complexity index is 1160. The maximum atomic E-state index is 12.9. The number of ether oxygens (including phenoxy) is 3. The standard InChI is InChI=1S/C24H20F2N2O6/c1-31-17-8-4-15(5-9-17)19-13-20(21-3-2-12-32-21)28(27-19)22(29)14-33-23(30)16-6-10-18(11-7-16)34-24(25)26/h2-12,20,24H,13-14H2,1H3. The van der Waals surface area contributed by atoms with Crippen LogP contribution in [0.5, 0.6) is 11.5 Å². The van der Waals surface area contributed by atoms with Crippen molar-refractivity contribution in [1.29, 1.82) is 0 Å². The number of hydrogen-bond acceptors (Lipinski definition) is 7. The SMILES string of the molecule is COc1ccc(C2=NN(C(=O)COC(=O)c3ccc(OC(F)F)cc3)C(c3ccco3)C2)cc1. The van der Waals surface area contributed by atoms with Crippen molar-refractivity contribution in [2.75, 3.05) is 13.7 Å². The van der Waals surface area contributed by atoms with E-state index in [1.165, 1.54) is 35.5 Å². The van der Waals surface area contributed by atoms with E-state index in [0.29, 0.717) is 23.6 Å². The third kappa shape index (κ3) is 5.22. The predicted molar refractivity (Wildman–Crippen MR) is 116 cm³/mol. The Labute approximate surface area is 193 Å². The number of benzene rings is 2. The van der Waals surface area contributed by atoms with Gasteiger partial charge in [-0.25, -0.2) is 9.80 Å². The lowest BCUT2D eigenvalue weighted by Crippen LogP contribution is -2.31. The van der Waals surface area contributed by atoms with Crippen molar-refractivity contribution >= 4 is 17.6 Å². The van der Waals surface area contributed by atoms with Gasteiger partial charge in [-0.3, -0.25) is 4.79 Å². The second-order valence-electron chi connectivity index (χ2n) is 7.23. The Hall–Kier alpha value is -4.21. The van der Waals surface area contributed by atoms with Crippen LogP contribution in [-0.4, -0.2) is 42.9 Å². The number of alkyl halides is 2. The van der Waals surface area contributed by atoms with Gasteiger partial charge in [-0.05, 0) is 66.2 Å². The summed E-state index contributed by atoms with van der Waals surface area (Å²) >= 11 is 0. The van der Waals surface area contributed by atoms with E-state index in [1.807, 2.05) is 12.1 Å². The molecule has 10 heteroatoms. The number of esters is 1. The minimum Gasteiger partial charge on any atom is -0.497 e. The molecule has 4 rings (SSSR count). The Morgan fingerprint density at radius 2 is 1.79 bits per heavy atom. The van der Waals surface area contributed by atoms with Crippen LogP contribution >= 0.6 is 0 Å². The molecule has 1 aromatic heterocycles. The van der Waals surface area contributed by atoms with E-state index in [4.69, 9.17) is 13.9 Å². The lowest BCUT2D eigenvalue weighted by Gasteiger charge is -2.19. The van der Waals surface area contributed by atoms with Crippen molar-refractivity contribution in [2.24, 2.45) is 5.10 Å². The van der Waals surface area contributed by atoms with Crippen LogP contribution in [0.3, 0.4) is 0 Å². The van der Waals surface area contributed by atoms with E-state index < -0.39 is 31.1 Å². The molecule has 0 fully saturated rings. The van der Waals surface area contributed by atoms with Crippen molar-refractivity contribution in [3.05, 3.63) is 83.8 Å². The first-order chi connectivity index (χ1) is 16.4. The molecule has 0 bridgehead atoms. The van der Waals surface area contributed by atoms with Crippen LogP contribution < -0.4 is 9.47 Å². The third-order valence-corrected chi connectivity index (χ3v) is 5.10. The third-order valence-electron chi connectivity index (χ3n) is 5.10. The molecule has 2 aromatic carbocycles. The lowest BCUT2D eigenvalue weighted by atomic mass is 10.0. The van der Waals surface area contributed by atoms with Gasteiger partial charge in [0.15, 0.2) is 6.61 Å². The molecule has 0 saturated carbocycles. The molecule has 1 atom stereocenters. The molecule has 1 aliphatic rings. The van der Waals surface area contributed by atoms with E-state index >= 15 is 0 Å². The number of halogens is 2. The number of furan rings is 1. The normalized spacial score (nSPS) is 15.2. The highest BCUT2D eigenvalue weighted by Crippen LogP contribution is 2.33. The van der Waals surface area contributed by atoms with Gasteiger partial charge in [0.2, 0.25) is 0 Å². The van der Waals surface area contributed by atoms with Gasteiger partial charge in [0.25, 0.3) is 5.91 Å². The molecule has 8 nitrogen and oxygen atoms in total. The summed E-state index contributed by atoms with van der Waals surface area (Å²) in [7, 11) is 1.57. The Morgan fingerprint density at radius 3 is 2.41 bits per heavy atom. The van der Waals surface area contributed by atoms with Crippen molar-refractivity contribution in [1.82, 2.24) is 5.01 Å². The van der Waals surface area contributed by atoms with Gasteiger partial charge in [0.05, 0.1) is 24.6 Å². The van der Waals surface area contributed by atoms with Crippen molar-refractivity contribution in [3.63, 3.8) is 0 Å². The minimum absolute atomic E-state index is 0.0841. The quantitative estimate of drug-likeness (QED) is 0.453. The first kappa shape index (κ1) is 23.0. The molecule has 2 heterocycles. The van der Waals surface area contributed by atoms with Crippen molar-refractivity contribution in [2.45, 2.75) is 19.1 Å². The molecular weight excluding hydrogens is 450 g/mol. The molecule has 1 unspecified atom stereocenters. The highest BCUT2D eigenvalue weighted by atomic mass is 19.3. The molecule has 0 N–H and O–H groups in total. The molecule has 1 aliphatic heterocycles. The predicted octanol–water partition coefficient (Wildman–Crippen LogP) is 4.42. The first-order valence-electron chi connectivity index (χ1n) is 10.2. The molecule has 34 heavy (non-hydrogen) atoms. The number of carbonyl (C=O) groups is 2. The van der Waals surface area contributed by atoms with Gasteiger partial charge in [-0.1, -0.05) is 0 Å².